The van der Waals surface area contributed by atoms with Crippen LogP contribution in [0, 0.1) is 17.8 Å². The van der Waals surface area contributed by atoms with Crippen molar-refractivity contribution < 1.29 is 34.8 Å². The maximum absolute atomic E-state index is 13.8. The molecule has 1 amide bonds. The Hall–Kier alpha value is -1.69. The molecular weight excluding hydrogens is 698 g/mol. The molecule has 13 heteroatoms. The molecule has 4 unspecified atom stereocenters. The molecule has 0 heterocycles. The quantitative estimate of drug-likeness (QED) is 0.170. The number of primary amides is 1. The monoisotopic (exact) mass is 728 g/mol. The summed E-state index contributed by atoms with van der Waals surface area (Å²) >= 11 is 2.02. The average Bonchev–Trinajstić information content (AvgIpc) is 2.74. The van der Waals surface area contributed by atoms with Gasteiger partial charge in [0, 0.05) is 37.2 Å². The number of carbonyl (C=O) groups is 3. The first-order chi connectivity index (χ1) is 16.2. The Bertz CT molecular complexity index is 1190. The third-order valence-corrected chi connectivity index (χ3v) is 8.83. The first-order valence-electron chi connectivity index (χ1n) is 11.0. The van der Waals surface area contributed by atoms with Gasteiger partial charge < -0.3 is 36.8 Å². The van der Waals surface area contributed by atoms with E-state index in [-0.39, 0.29) is 53.8 Å². The van der Waals surface area contributed by atoms with E-state index in [0.717, 1.165) is 5.70 Å². The number of nitrogens with zero attached hydrogens (tertiary/aromatic N) is 2. The van der Waals surface area contributed by atoms with Gasteiger partial charge in [0.15, 0.2) is 17.2 Å². The molecule has 8 N–H and O–H groups in total. The molecule has 0 fully saturated rings. The summed E-state index contributed by atoms with van der Waals surface area (Å²) in [5, 5.41) is 44.8. The lowest BCUT2D eigenvalue weighted by Crippen LogP contribution is -2.66. The molecule has 36 heavy (non-hydrogen) atoms. The number of carbonyl (C=O) groups excluding carboxylic acids is 3. The number of hydrogen-bond acceptors (Lipinski definition) is 10. The number of nitrogens with two attached hydrogens (primary N) is 2. The smallest absolute Gasteiger partial charge is 0.255 e. The number of hydrogen-bond donors (Lipinski definition) is 6. The van der Waals surface area contributed by atoms with Crippen LogP contribution in [0.1, 0.15) is 12.8 Å². The Labute approximate surface area is 238 Å². The van der Waals surface area contributed by atoms with E-state index >= 15 is 0 Å². The van der Waals surface area contributed by atoms with Gasteiger partial charge in [0.1, 0.15) is 23.2 Å². The first kappa shape index (κ1) is 28.9. The molecule has 0 aromatic rings. The molecule has 4 aliphatic carbocycles. The van der Waals surface area contributed by atoms with Crippen LogP contribution in [-0.4, -0.2) is 93.6 Å². The van der Waals surface area contributed by atoms with E-state index in [9.17, 15) is 34.8 Å². The summed E-state index contributed by atoms with van der Waals surface area (Å²) in [7, 11) is 6.76. The van der Waals surface area contributed by atoms with E-state index in [1.807, 2.05) is 27.5 Å². The van der Waals surface area contributed by atoms with Gasteiger partial charge in [0.25, 0.3) is 5.91 Å². The minimum absolute atomic E-state index is 0. The van der Waals surface area contributed by atoms with Crippen molar-refractivity contribution in [3.8, 4) is 0 Å². The second kappa shape index (κ2) is 9.56. The van der Waals surface area contributed by atoms with Crippen LogP contribution in [0.4, 0.5) is 0 Å². The van der Waals surface area contributed by atoms with Gasteiger partial charge in [0.2, 0.25) is 0 Å². The normalized spacial score (nSPS) is 34.4. The van der Waals surface area contributed by atoms with Crippen LogP contribution < -0.4 is 11.5 Å². The molecule has 0 saturated heterocycles. The van der Waals surface area contributed by atoms with Crippen LogP contribution in [-0.2, 0) is 14.4 Å². The van der Waals surface area contributed by atoms with Crippen molar-refractivity contribution in [3.05, 3.63) is 43.2 Å². The van der Waals surface area contributed by atoms with Gasteiger partial charge >= 0.3 is 0 Å². The third kappa shape index (κ3) is 3.72. The fourth-order valence-electron chi connectivity index (χ4n) is 6.20. The molecule has 4 aliphatic rings. The molecule has 0 bridgehead atoms. The van der Waals surface area contributed by atoms with Crippen LogP contribution in [0.5, 0.6) is 0 Å². The number of likely N-dealkylation sites (N-methyl/N-ethyl adjacent to an activating group) is 1. The summed E-state index contributed by atoms with van der Waals surface area (Å²) < 4.78 is 0.613. The number of Topliss-reactive ketones (excluding diaryl/α,β-unsaturated/α-hetero) is 2. The molecule has 0 spiro atoms. The summed E-state index contributed by atoms with van der Waals surface area (Å²) in [6.07, 6.45) is -1.70. The van der Waals surface area contributed by atoms with E-state index in [0.29, 0.717) is 9.15 Å². The van der Waals surface area contributed by atoms with Gasteiger partial charge in [-0.1, -0.05) is 5.57 Å². The molecular formula is C23H30I2N4O7. The van der Waals surface area contributed by atoms with Gasteiger partial charge in [-0.25, -0.2) is 0 Å². The van der Waals surface area contributed by atoms with E-state index in [1.165, 1.54) is 4.90 Å². The van der Waals surface area contributed by atoms with Crippen LogP contribution in [0.25, 0.3) is 0 Å². The van der Waals surface area contributed by atoms with Crippen LogP contribution >= 0.6 is 46.6 Å². The number of aliphatic hydroxyl groups excluding tert-OH is 3. The van der Waals surface area contributed by atoms with Crippen molar-refractivity contribution in [3.63, 3.8) is 0 Å². The molecule has 11 nitrogen and oxygen atoms in total. The topological polar surface area (TPSA) is 191 Å². The summed E-state index contributed by atoms with van der Waals surface area (Å²) in [4.78, 5) is 42.3. The zero-order valence-electron chi connectivity index (χ0n) is 20.1. The SMILES string of the molecule is CN(C)C1=C(I)C(N)=C(O)C2C(=O)C3=C(CC12)CC1[C@H](N(C)C)C(=O)C(C(N)=O)=C(O)[C@@]1(O)C3O.I. The van der Waals surface area contributed by atoms with E-state index in [4.69, 9.17) is 11.5 Å². The minimum atomic E-state index is -2.51. The van der Waals surface area contributed by atoms with E-state index in [2.05, 4.69) is 0 Å². The van der Waals surface area contributed by atoms with Crippen molar-refractivity contribution in [2.45, 2.75) is 30.6 Å². The number of allylic oxidation sites excluding steroid dienone is 4. The number of halogens is 2. The largest absolute Gasteiger partial charge is 0.509 e. The maximum Gasteiger partial charge on any atom is 0.255 e. The highest BCUT2D eigenvalue weighted by molar-refractivity contribution is 14.1. The highest BCUT2D eigenvalue weighted by Crippen LogP contribution is 2.55. The van der Waals surface area contributed by atoms with Crippen LogP contribution in [0.3, 0.4) is 0 Å². The van der Waals surface area contributed by atoms with Crippen molar-refractivity contribution in [2.75, 3.05) is 28.2 Å². The summed E-state index contributed by atoms with van der Waals surface area (Å²) in [5.74, 6) is -6.62. The number of fused-ring (bicyclic) bond motifs is 2. The summed E-state index contributed by atoms with van der Waals surface area (Å²) in [5.41, 5.74) is 9.32. The van der Waals surface area contributed by atoms with Crippen molar-refractivity contribution >= 4 is 64.0 Å². The Kier molecular flexibility index (Phi) is 7.67. The highest BCUT2D eigenvalue weighted by Gasteiger charge is 2.64. The summed E-state index contributed by atoms with van der Waals surface area (Å²) in [6, 6.07) is -1.09. The maximum atomic E-state index is 13.8. The van der Waals surface area contributed by atoms with Crippen molar-refractivity contribution in [2.24, 2.45) is 29.2 Å². The molecule has 0 saturated carbocycles. The Morgan fingerprint density at radius 1 is 1.11 bits per heavy atom. The highest BCUT2D eigenvalue weighted by atomic mass is 127. The molecule has 0 aliphatic heterocycles. The first-order valence-corrected chi connectivity index (χ1v) is 12.1. The molecule has 4 rings (SSSR count). The Balaban J connectivity index is 0.00000361. The van der Waals surface area contributed by atoms with E-state index < -0.39 is 64.3 Å². The Morgan fingerprint density at radius 3 is 2.19 bits per heavy atom. The predicted molar refractivity (Wildman–Crippen MR) is 148 cm³/mol. The average molecular weight is 728 g/mol. The van der Waals surface area contributed by atoms with Crippen LogP contribution in [0.2, 0.25) is 0 Å². The Morgan fingerprint density at radius 2 is 1.69 bits per heavy atom. The van der Waals surface area contributed by atoms with Gasteiger partial charge in [-0.3, -0.25) is 19.3 Å². The lowest BCUT2D eigenvalue weighted by Gasteiger charge is -2.53. The van der Waals surface area contributed by atoms with Gasteiger partial charge in [-0.15, -0.1) is 24.0 Å². The number of rotatable bonds is 3. The minimum Gasteiger partial charge on any atom is -0.509 e. The molecule has 0 radical (unpaired) electrons. The zero-order valence-corrected chi connectivity index (χ0v) is 24.6. The molecule has 0 aromatic carbocycles. The fraction of sp³-hybridized carbons (Fsp3) is 0.522. The molecule has 6 atom stereocenters. The standard InChI is InChI=1S/C23H29IN4O7.HI/c1-27(2)15-8-5-7-6-9-16(28(3)4)19(31)12(22(26)34)21(33)23(9,35)20(32)10(7)17(29)11(8)18(30)14(25)13(15)24;/h8-9,11,16,20,30,32-33,35H,5-6,25H2,1-4H3,(H2,26,34);1H/t8?,9?,11?,16-,20?,23-;/m0./s1. The second-order valence-electron chi connectivity index (χ2n) is 9.96. The van der Waals surface area contributed by atoms with E-state index in [1.54, 1.807) is 28.2 Å². The van der Waals surface area contributed by atoms with Crippen molar-refractivity contribution in [1.82, 2.24) is 9.80 Å². The van der Waals surface area contributed by atoms with Gasteiger partial charge in [-0.2, -0.15) is 0 Å². The number of ketones is 2. The fourth-order valence-corrected chi connectivity index (χ4v) is 7.36. The molecule has 0 aromatic heterocycles. The predicted octanol–water partition coefficient (Wildman–Crippen LogP) is -0.0215. The molecule has 198 valence electrons. The second-order valence-corrected chi connectivity index (χ2v) is 11.0. The lowest BCUT2D eigenvalue weighted by molar-refractivity contribution is -0.152. The summed E-state index contributed by atoms with van der Waals surface area (Å²) in [6.45, 7) is 0. The number of amides is 1. The third-order valence-electron chi connectivity index (χ3n) is 7.70. The van der Waals surface area contributed by atoms with Crippen LogP contribution in [0.15, 0.2) is 43.2 Å². The van der Waals surface area contributed by atoms with Gasteiger partial charge in [-0.05, 0) is 49.5 Å². The van der Waals surface area contributed by atoms with Gasteiger partial charge in [0.05, 0.1) is 21.2 Å². The number of aliphatic hydroxyl groups is 4. The zero-order chi connectivity index (χ0) is 26.3. The lowest BCUT2D eigenvalue weighted by atomic mass is 9.56. The van der Waals surface area contributed by atoms with Crippen molar-refractivity contribution in [1.29, 1.82) is 0 Å².